The number of hydrogen-bond donors (Lipinski definition) is 0. The highest BCUT2D eigenvalue weighted by Crippen LogP contribution is 2.49. The number of rotatable bonds is 7. The number of fused-ring (bicyclic) bond motifs is 7. The van der Waals surface area contributed by atoms with Gasteiger partial charge in [0.1, 0.15) is 22.7 Å². The van der Waals surface area contributed by atoms with E-state index in [0.29, 0.717) is 0 Å². The molecule has 6 aromatic carbocycles. The first-order valence-electron chi connectivity index (χ1n) is 14.8. The van der Waals surface area contributed by atoms with Crippen molar-refractivity contribution < 1.29 is 17.9 Å². The van der Waals surface area contributed by atoms with Crippen LogP contribution in [0.25, 0.3) is 43.5 Å². The van der Waals surface area contributed by atoms with Gasteiger partial charge in [-0.05, 0) is 59.7 Å². The minimum atomic E-state index is -1.68. The Hall–Kier alpha value is -4.70. The molecule has 0 N–H and O–H groups in total. The molecule has 0 saturated carbocycles. The van der Waals surface area contributed by atoms with Gasteiger partial charge < -0.3 is 17.9 Å². The van der Waals surface area contributed by atoms with E-state index in [1.807, 2.05) is 36.4 Å². The Kier molecular flexibility index (Phi) is 7.51. The van der Waals surface area contributed by atoms with Gasteiger partial charge in [-0.3, -0.25) is 0 Å². The third-order valence-corrected chi connectivity index (χ3v) is 10.3. The third-order valence-electron chi connectivity index (χ3n) is 8.54. The molecule has 0 radical (unpaired) electrons. The predicted molar refractivity (Wildman–Crippen MR) is 182 cm³/mol. The summed E-state index contributed by atoms with van der Waals surface area (Å²) in [5.74, 6) is 1.64. The molecule has 0 fully saturated rings. The number of nitrogens with zero attached hydrogens (tertiary/aromatic N) is 1. The fourth-order valence-electron chi connectivity index (χ4n) is 6.38. The molecule has 2 atom stereocenters. The second-order valence-electron chi connectivity index (χ2n) is 11.0. The van der Waals surface area contributed by atoms with Gasteiger partial charge in [-0.1, -0.05) is 97.1 Å². The zero-order valence-corrected chi connectivity index (χ0v) is 26.1. The quantitative estimate of drug-likeness (QED) is 0.182. The maximum absolute atomic E-state index is 7.08. The highest BCUT2D eigenvalue weighted by atomic mass is 31.1. The Balaban J connectivity index is 1.59. The first kappa shape index (κ1) is 28.1. The van der Waals surface area contributed by atoms with Gasteiger partial charge in [-0.2, -0.15) is 4.67 Å². The number of benzene rings is 6. The van der Waals surface area contributed by atoms with Crippen LogP contribution in [-0.2, 0) is 0 Å². The molecule has 0 amide bonds. The van der Waals surface area contributed by atoms with Crippen molar-refractivity contribution in [3.63, 3.8) is 0 Å². The Bertz CT molecular complexity index is 2020. The standard InChI is InChI=1S/C38H34NO4P/c1-25(29-15-9-11-19-33(29)40-3)39(26(2)30-16-10-12-20-34(30)41-4)44-42-35-23-21-27-13-5-7-17-31(27)37(35)38-32-18-8-6-14-28(32)22-24-36(38)43-44/h5-26H,1-4H3/t25-,26-/m0/s1. The van der Waals surface area contributed by atoms with E-state index >= 15 is 0 Å². The lowest BCUT2D eigenvalue weighted by molar-refractivity contribution is 0.399. The summed E-state index contributed by atoms with van der Waals surface area (Å²) in [5, 5.41) is 6.67. The van der Waals surface area contributed by atoms with Crippen LogP contribution < -0.4 is 14.1 Å². The van der Waals surface area contributed by atoms with E-state index in [1.54, 1.807) is 14.2 Å². The van der Waals surface area contributed by atoms with Gasteiger partial charge in [0.25, 0.3) is 0 Å². The van der Waals surface area contributed by atoms with Crippen LogP contribution in [0.1, 0.15) is 37.1 Å². The van der Waals surface area contributed by atoms with Crippen LogP contribution >= 0.6 is 8.16 Å². The van der Waals surface area contributed by atoms with Crippen LogP contribution in [0.15, 0.2) is 130 Å². The van der Waals surface area contributed by atoms with E-state index in [4.69, 9.17) is 17.9 Å². The molecule has 7 rings (SSSR count). The molecule has 6 heteroatoms. The second kappa shape index (κ2) is 11.8. The third kappa shape index (κ3) is 4.79. The van der Waals surface area contributed by atoms with Crippen molar-refractivity contribution in [2.24, 2.45) is 0 Å². The monoisotopic (exact) mass is 599 g/mol. The highest BCUT2D eigenvalue weighted by Gasteiger charge is 2.32. The fraction of sp³-hybridized carbons (Fsp3) is 0.158. The zero-order valence-electron chi connectivity index (χ0n) is 25.2. The van der Waals surface area contributed by atoms with Crippen LogP contribution in [0.4, 0.5) is 0 Å². The molecule has 220 valence electrons. The van der Waals surface area contributed by atoms with Crippen LogP contribution in [-0.4, -0.2) is 14.2 Å². The molecule has 0 aliphatic heterocycles. The summed E-state index contributed by atoms with van der Waals surface area (Å²) in [4.78, 5) is 0. The molecule has 0 aliphatic rings. The van der Waals surface area contributed by atoms with E-state index in [2.05, 4.69) is 103 Å². The van der Waals surface area contributed by atoms with Crippen LogP contribution in [0.2, 0.25) is 0 Å². The smallest absolute Gasteiger partial charge is 0.310 e. The lowest BCUT2D eigenvalue weighted by Gasteiger charge is -2.33. The molecular formula is C38H34NO4P. The van der Waals surface area contributed by atoms with Crippen molar-refractivity contribution in [1.82, 2.24) is 0 Å². The average Bonchev–Trinajstić information content (AvgIpc) is 3.25. The zero-order chi connectivity index (χ0) is 30.2. The van der Waals surface area contributed by atoms with Crippen LogP contribution in [0, 0.1) is 0 Å². The molecule has 1 heterocycles. The largest absolute Gasteiger partial charge is 0.496 e. The van der Waals surface area contributed by atoms with Crippen molar-refractivity contribution in [3.05, 3.63) is 132 Å². The molecule has 0 aliphatic carbocycles. The molecule has 0 spiro atoms. The number of para-hydroxylation sites is 2. The lowest BCUT2D eigenvalue weighted by Crippen LogP contribution is -2.28. The first-order valence-corrected chi connectivity index (χ1v) is 16.0. The average molecular weight is 600 g/mol. The summed E-state index contributed by atoms with van der Waals surface area (Å²) in [6.45, 7) is 4.37. The fourth-order valence-corrected chi connectivity index (χ4v) is 8.06. The Morgan fingerprint density at radius 1 is 0.523 bits per heavy atom. The SMILES string of the molecule is COc1ccccc1[C@H](C)N([C@@H](C)c1ccccc1OC)p1oc2ccc3ccccc3c2c2c(ccc3ccccc32)o1. The minimum Gasteiger partial charge on any atom is -0.496 e. The number of hydrogen-bond acceptors (Lipinski definition) is 5. The normalized spacial score (nSPS) is 13.0. The topological polar surface area (TPSA) is 48.0 Å². The maximum Gasteiger partial charge on any atom is 0.310 e. The summed E-state index contributed by atoms with van der Waals surface area (Å²) in [6, 6.07) is 41.4. The molecule has 1 aromatic heterocycles. The lowest BCUT2D eigenvalue weighted by atomic mass is 9.99. The summed E-state index contributed by atoms with van der Waals surface area (Å²) < 4.78 is 28.2. The van der Waals surface area contributed by atoms with Crippen molar-refractivity contribution in [2.75, 3.05) is 18.9 Å². The number of ether oxygens (including phenoxy) is 2. The van der Waals surface area contributed by atoms with Gasteiger partial charge in [0.05, 0.1) is 14.2 Å². The summed E-state index contributed by atoms with van der Waals surface area (Å²) >= 11 is 0. The van der Waals surface area contributed by atoms with E-state index in [9.17, 15) is 0 Å². The van der Waals surface area contributed by atoms with Gasteiger partial charge in [-0.15, -0.1) is 0 Å². The number of methoxy groups -OCH3 is 2. The summed E-state index contributed by atoms with van der Waals surface area (Å²) in [5.41, 5.74) is 3.70. The Morgan fingerprint density at radius 3 is 1.39 bits per heavy atom. The van der Waals surface area contributed by atoms with E-state index in [-0.39, 0.29) is 12.1 Å². The van der Waals surface area contributed by atoms with Gasteiger partial charge in [0.15, 0.2) is 0 Å². The summed E-state index contributed by atoms with van der Waals surface area (Å²) in [7, 11) is 1.74. The second-order valence-corrected chi connectivity index (χ2v) is 12.3. The molecule has 44 heavy (non-hydrogen) atoms. The van der Waals surface area contributed by atoms with Crippen molar-refractivity contribution >= 4 is 51.6 Å². The van der Waals surface area contributed by atoms with Crippen molar-refractivity contribution in [3.8, 4) is 11.5 Å². The molecular weight excluding hydrogens is 565 g/mol. The van der Waals surface area contributed by atoms with Gasteiger partial charge in [-0.25, -0.2) is 0 Å². The van der Waals surface area contributed by atoms with E-state index < -0.39 is 8.16 Å². The predicted octanol–water partition coefficient (Wildman–Crippen LogP) is 11.1. The van der Waals surface area contributed by atoms with Crippen molar-refractivity contribution in [2.45, 2.75) is 25.9 Å². The van der Waals surface area contributed by atoms with E-state index in [1.165, 1.54) is 0 Å². The Morgan fingerprint density at radius 2 is 0.932 bits per heavy atom. The first-order chi connectivity index (χ1) is 21.6. The molecule has 7 aromatic rings. The van der Waals surface area contributed by atoms with Gasteiger partial charge >= 0.3 is 8.16 Å². The molecule has 0 unspecified atom stereocenters. The summed E-state index contributed by atoms with van der Waals surface area (Å²) in [6.07, 6.45) is 0. The molecule has 0 bridgehead atoms. The van der Waals surface area contributed by atoms with Crippen LogP contribution in [0.5, 0.6) is 11.5 Å². The molecule has 5 nitrogen and oxygen atoms in total. The van der Waals surface area contributed by atoms with Crippen LogP contribution in [0.3, 0.4) is 0 Å². The van der Waals surface area contributed by atoms with Gasteiger partial charge in [0.2, 0.25) is 0 Å². The van der Waals surface area contributed by atoms with E-state index in [0.717, 1.165) is 66.1 Å². The highest BCUT2D eigenvalue weighted by molar-refractivity contribution is 7.39. The van der Waals surface area contributed by atoms with Gasteiger partial charge in [0, 0.05) is 34.0 Å². The minimum absolute atomic E-state index is 0.136. The molecule has 0 saturated heterocycles. The maximum atomic E-state index is 7.08. The Labute approximate surface area is 257 Å². The van der Waals surface area contributed by atoms with Crippen molar-refractivity contribution in [1.29, 1.82) is 0 Å².